The normalized spacial score (nSPS) is 56.7. The second-order valence-electron chi connectivity index (χ2n) is 20.4. The molecule has 0 amide bonds. The maximum absolute atomic E-state index is 13.6. The zero-order valence-electron chi connectivity index (χ0n) is 33.6. The molecule has 3 aliphatic heterocycles. The zero-order valence-corrected chi connectivity index (χ0v) is 33.6. The van der Waals surface area contributed by atoms with E-state index in [0.29, 0.717) is 38.5 Å². The molecule has 7 fully saturated rings. The van der Waals surface area contributed by atoms with Crippen molar-refractivity contribution in [2.75, 3.05) is 13.2 Å². The van der Waals surface area contributed by atoms with Gasteiger partial charge in [0, 0.05) is 11.8 Å². The second-order valence-corrected chi connectivity index (χ2v) is 20.4. The SMILES string of the molecule is CC1(C)CC2C3=CCC4[C@@]5(C)C[C@H](O)[C@H](O[C@@H]6O[C@H](CO)[C@@H](O[C@@H]7OC[C@@H](O)[C@H](O)[C@H]7O)[C@H](O)[C@H]6O)[C@@](C)(C(=O)O)C5CC[C@@]4(C)[C@]3(C)C[C@@H](O)[C@@]23C[C@@H]1OC3=O. The number of aliphatic hydroxyl groups is 8. The lowest BCUT2D eigenvalue weighted by atomic mass is 9.33. The van der Waals surface area contributed by atoms with E-state index in [9.17, 15) is 55.5 Å². The fourth-order valence-electron chi connectivity index (χ4n) is 13.9. The smallest absolute Gasteiger partial charge is 0.315 e. The molecule has 0 aromatic carbocycles. The molecule has 8 rings (SSSR count). The Kier molecular flexibility index (Phi) is 10.0. The summed E-state index contributed by atoms with van der Waals surface area (Å²) in [6.07, 6.45) is -13.0. The van der Waals surface area contributed by atoms with Crippen molar-refractivity contribution in [1.82, 2.24) is 0 Å². The fraction of sp³-hybridized carbons (Fsp3) is 0.902. The molecule has 21 atom stereocenters. The van der Waals surface area contributed by atoms with Gasteiger partial charge in [-0.2, -0.15) is 0 Å². The van der Waals surface area contributed by atoms with Gasteiger partial charge in [-0.1, -0.05) is 46.3 Å². The summed E-state index contributed by atoms with van der Waals surface area (Å²) in [6, 6.07) is 0. The van der Waals surface area contributed by atoms with Crippen molar-refractivity contribution >= 4 is 11.9 Å². The largest absolute Gasteiger partial charge is 0.481 e. The van der Waals surface area contributed by atoms with E-state index in [2.05, 4.69) is 33.8 Å². The van der Waals surface area contributed by atoms with Gasteiger partial charge in [-0.05, 0) is 79.4 Å². The highest BCUT2D eigenvalue weighted by Crippen LogP contribution is 2.76. The first-order valence-electron chi connectivity index (χ1n) is 20.6. The highest BCUT2D eigenvalue weighted by Gasteiger charge is 2.76. The van der Waals surface area contributed by atoms with Gasteiger partial charge in [-0.25, -0.2) is 0 Å². The van der Waals surface area contributed by atoms with E-state index in [-0.39, 0.29) is 35.7 Å². The van der Waals surface area contributed by atoms with E-state index in [1.807, 2.05) is 6.92 Å². The number of fused-ring (bicyclic) bond motifs is 7. The zero-order chi connectivity index (χ0) is 41.6. The maximum atomic E-state index is 13.6. The van der Waals surface area contributed by atoms with Gasteiger partial charge >= 0.3 is 11.9 Å². The van der Waals surface area contributed by atoms with Crippen molar-refractivity contribution in [3.05, 3.63) is 11.6 Å². The van der Waals surface area contributed by atoms with Gasteiger partial charge in [0.25, 0.3) is 0 Å². The number of carbonyl (C=O) groups is 2. The van der Waals surface area contributed by atoms with Gasteiger partial charge in [-0.15, -0.1) is 0 Å². The predicted octanol–water partition coefficient (Wildman–Crippen LogP) is -0.0219. The molecule has 3 saturated heterocycles. The minimum Gasteiger partial charge on any atom is -0.481 e. The van der Waals surface area contributed by atoms with Crippen LogP contribution in [0, 0.1) is 50.2 Å². The molecular formula is C41H62O16. The molecule has 16 heteroatoms. The number of hydrogen-bond donors (Lipinski definition) is 9. The molecule has 0 radical (unpaired) electrons. The van der Waals surface area contributed by atoms with Gasteiger partial charge in [0.15, 0.2) is 12.6 Å². The predicted molar refractivity (Wildman–Crippen MR) is 194 cm³/mol. The molecule has 3 unspecified atom stereocenters. The molecule has 8 aliphatic rings. The number of esters is 1. The van der Waals surface area contributed by atoms with Crippen LogP contribution in [0.5, 0.6) is 0 Å². The van der Waals surface area contributed by atoms with Crippen molar-refractivity contribution in [2.45, 2.75) is 166 Å². The van der Waals surface area contributed by atoms with Gasteiger partial charge in [0.05, 0.1) is 30.8 Å². The Morgan fingerprint density at radius 3 is 2.19 bits per heavy atom. The molecule has 0 aromatic heterocycles. The van der Waals surface area contributed by atoms with E-state index in [1.165, 1.54) is 5.57 Å². The topological polar surface area (TPSA) is 262 Å². The molecule has 322 valence electrons. The molecule has 5 aliphatic carbocycles. The third kappa shape index (κ3) is 5.54. The Bertz CT molecular complexity index is 1650. The fourth-order valence-corrected chi connectivity index (χ4v) is 13.9. The monoisotopic (exact) mass is 810 g/mol. The Balaban J connectivity index is 1.07. The summed E-state index contributed by atoms with van der Waals surface area (Å²) >= 11 is 0. The van der Waals surface area contributed by atoms with Gasteiger partial charge in [0.1, 0.15) is 60.4 Å². The second kappa shape index (κ2) is 13.6. The number of rotatable bonds is 6. The summed E-state index contributed by atoms with van der Waals surface area (Å²) < 4.78 is 29.0. The molecule has 9 N–H and O–H groups in total. The van der Waals surface area contributed by atoms with Crippen LogP contribution in [-0.2, 0) is 33.3 Å². The summed E-state index contributed by atoms with van der Waals surface area (Å²) in [5, 5.41) is 98.3. The summed E-state index contributed by atoms with van der Waals surface area (Å²) in [5.74, 6) is -2.38. The standard InChI is InChI=1S/C41H62O16/c1-36(2)11-18-17-7-8-22-37(3)12-19(43)31(57-33-29(49)27(47)30(21(15-42)54-33)56-32-28(48)26(46)20(44)16-53-32)40(6,34(50)51)23(37)9-10-38(22,4)39(17,5)13-24(45)41(18)14-25(36)55-35(41)52/h7,18-33,42-49H,8-16H2,1-6H3,(H,50,51)/t18?,19-,20+,21+,22?,23?,24+,25-,26-,27+,28+,29+,30+,31-,32-,33-,37+,38+,39+,40-,41+/m0/s1. The van der Waals surface area contributed by atoms with Crippen LogP contribution in [0.4, 0.5) is 0 Å². The first-order chi connectivity index (χ1) is 26.5. The maximum Gasteiger partial charge on any atom is 0.315 e. The number of allylic oxidation sites excluding steroid dienone is 2. The average Bonchev–Trinajstić information content (AvgIpc) is 3.46. The number of aliphatic hydroxyl groups excluding tert-OH is 8. The van der Waals surface area contributed by atoms with E-state index in [0.717, 1.165) is 0 Å². The third-order valence-electron chi connectivity index (χ3n) is 17.4. The first-order valence-corrected chi connectivity index (χ1v) is 20.6. The number of hydrogen-bond acceptors (Lipinski definition) is 15. The van der Waals surface area contributed by atoms with Crippen LogP contribution in [0.25, 0.3) is 0 Å². The Morgan fingerprint density at radius 2 is 1.53 bits per heavy atom. The molecule has 16 nitrogen and oxygen atoms in total. The van der Waals surface area contributed by atoms with E-state index in [4.69, 9.17) is 23.7 Å². The minimum absolute atomic E-state index is 0.125. The van der Waals surface area contributed by atoms with Crippen LogP contribution in [0.3, 0.4) is 0 Å². The quantitative estimate of drug-likeness (QED) is 0.0970. The molecule has 3 heterocycles. The van der Waals surface area contributed by atoms with Crippen LogP contribution >= 0.6 is 0 Å². The van der Waals surface area contributed by atoms with E-state index in [1.54, 1.807) is 6.92 Å². The van der Waals surface area contributed by atoms with Crippen molar-refractivity contribution in [3.63, 3.8) is 0 Å². The molecular weight excluding hydrogens is 748 g/mol. The van der Waals surface area contributed by atoms with Crippen molar-refractivity contribution in [2.24, 2.45) is 50.2 Å². The van der Waals surface area contributed by atoms with Crippen LogP contribution in [0.2, 0.25) is 0 Å². The third-order valence-corrected chi connectivity index (χ3v) is 17.4. The summed E-state index contributed by atoms with van der Waals surface area (Å²) in [7, 11) is 0. The Hall–Kier alpha value is -1.80. The Labute approximate surface area is 332 Å². The molecule has 57 heavy (non-hydrogen) atoms. The average molecular weight is 811 g/mol. The van der Waals surface area contributed by atoms with Gasteiger partial charge in [0.2, 0.25) is 0 Å². The number of carboxylic acids is 1. The number of ether oxygens (including phenoxy) is 5. The lowest BCUT2D eigenvalue weighted by Crippen LogP contribution is -2.71. The molecule has 4 saturated carbocycles. The van der Waals surface area contributed by atoms with Crippen LogP contribution < -0.4 is 0 Å². The molecule has 1 spiro atoms. The first kappa shape index (κ1) is 41.9. The highest BCUT2D eigenvalue weighted by molar-refractivity contribution is 5.82. The van der Waals surface area contributed by atoms with Crippen molar-refractivity contribution in [1.29, 1.82) is 0 Å². The van der Waals surface area contributed by atoms with Gasteiger partial charge < -0.3 is 69.6 Å². The lowest BCUT2D eigenvalue weighted by Gasteiger charge is -2.71. The summed E-state index contributed by atoms with van der Waals surface area (Å²) in [6.45, 7) is 11.1. The minimum atomic E-state index is -1.87. The lowest BCUT2D eigenvalue weighted by molar-refractivity contribution is -0.365. The van der Waals surface area contributed by atoms with Crippen molar-refractivity contribution in [3.8, 4) is 0 Å². The summed E-state index contributed by atoms with van der Waals surface area (Å²) in [4.78, 5) is 27.3. The molecule has 0 aromatic rings. The summed E-state index contributed by atoms with van der Waals surface area (Å²) in [5.41, 5.74) is -3.53. The van der Waals surface area contributed by atoms with Crippen molar-refractivity contribution < 1.29 is 79.2 Å². The van der Waals surface area contributed by atoms with Crippen LogP contribution in [-0.4, -0.2) is 151 Å². The van der Waals surface area contributed by atoms with E-state index < -0.39 is 126 Å². The number of carboxylic acid groups (broad SMARTS) is 1. The van der Waals surface area contributed by atoms with E-state index >= 15 is 0 Å². The van der Waals surface area contributed by atoms with Crippen LogP contribution in [0.15, 0.2) is 11.6 Å². The Morgan fingerprint density at radius 1 is 0.842 bits per heavy atom. The van der Waals surface area contributed by atoms with Gasteiger partial charge in [-0.3, -0.25) is 9.59 Å². The molecule has 2 bridgehead atoms. The van der Waals surface area contributed by atoms with Crippen LogP contribution in [0.1, 0.15) is 86.5 Å². The number of aliphatic carboxylic acids is 1. The highest BCUT2D eigenvalue weighted by atomic mass is 16.7. The number of carbonyl (C=O) groups excluding carboxylic acids is 1.